The number of hydrogen-bond donors (Lipinski definition) is 1. The number of carbonyl (C=O) groups excluding carboxylic acids is 1. The lowest BCUT2D eigenvalue weighted by molar-refractivity contribution is -0.115. The maximum atomic E-state index is 13.0. The zero-order chi connectivity index (χ0) is 20.3. The standard InChI is InChI=1S/C21H22FN3O2S/c1-12(2)17-7-5-6-13(3)18(17)23-19(26)14(4)28-21-25-24-20(27-21)15-8-10-16(22)11-9-15/h5-12,14H,1-4H3,(H,23,26)/t14-/m1/s1. The Morgan fingerprint density at radius 3 is 2.50 bits per heavy atom. The number of thioether (sulfide) groups is 1. The van der Waals surface area contributed by atoms with E-state index in [1.165, 1.54) is 23.9 Å². The van der Waals surface area contributed by atoms with Crippen LogP contribution in [-0.4, -0.2) is 21.4 Å². The average molecular weight is 399 g/mol. The third-order valence-corrected chi connectivity index (χ3v) is 5.25. The number of hydrogen-bond acceptors (Lipinski definition) is 5. The van der Waals surface area contributed by atoms with Crippen LogP contribution < -0.4 is 5.32 Å². The van der Waals surface area contributed by atoms with Crippen LogP contribution in [-0.2, 0) is 4.79 Å². The molecule has 1 atom stereocenters. The number of aromatic nitrogens is 2. The van der Waals surface area contributed by atoms with Gasteiger partial charge < -0.3 is 9.73 Å². The highest BCUT2D eigenvalue weighted by Crippen LogP contribution is 2.30. The topological polar surface area (TPSA) is 68.0 Å². The van der Waals surface area contributed by atoms with E-state index in [1.54, 1.807) is 19.1 Å². The van der Waals surface area contributed by atoms with E-state index in [0.29, 0.717) is 11.5 Å². The first kappa shape index (κ1) is 20.1. The number of halogens is 1. The van der Waals surface area contributed by atoms with Crippen LogP contribution in [0.2, 0.25) is 0 Å². The van der Waals surface area contributed by atoms with Gasteiger partial charge in [-0.15, -0.1) is 10.2 Å². The molecule has 3 rings (SSSR count). The van der Waals surface area contributed by atoms with Crippen molar-refractivity contribution in [1.29, 1.82) is 0 Å². The van der Waals surface area contributed by atoms with Gasteiger partial charge in [0.1, 0.15) is 5.82 Å². The van der Waals surface area contributed by atoms with Crippen molar-refractivity contribution in [2.24, 2.45) is 0 Å². The predicted molar refractivity (Wildman–Crippen MR) is 109 cm³/mol. The highest BCUT2D eigenvalue weighted by atomic mass is 32.2. The number of anilines is 1. The summed E-state index contributed by atoms with van der Waals surface area (Å²) in [6.45, 7) is 7.96. The van der Waals surface area contributed by atoms with Crippen LogP contribution in [0.1, 0.15) is 37.8 Å². The summed E-state index contributed by atoms with van der Waals surface area (Å²) in [5, 5.41) is 10.8. The fourth-order valence-corrected chi connectivity index (χ4v) is 3.42. The van der Waals surface area contributed by atoms with Crippen molar-refractivity contribution in [1.82, 2.24) is 10.2 Å². The number of rotatable bonds is 6. The van der Waals surface area contributed by atoms with Gasteiger partial charge in [0.15, 0.2) is 0 Å². The van der Waals surface area contributed by atoms with Gasteiger partial charge in [-0.05, 0) is 55.2 Å². The van der Waals surface area contributed by atoms with Crippen LogP contribution in [0.5, 0.6) is 0 Å². The Kier molecular flexibility index (Phi) is 6.14. The predicted octanol–water partition coefficient (Wildman–Crippen LogP) is 5.43. The first-order chi connectivity index (χ1) is 13.3. The quantitative estimate of drug-likeness (QED) is 0.560. The monoisotopic (exact) mass is 399 g/mol. The van der Waals surface area contributed by atoms with Gasteiger partial charge in [0.25, 0.3) is 5.22 Å². The molecular formula is C21H22FN3O2S. The van der Waals surface area contributed by atoms with Crippen molar-refractivity contribution >= 4 is 23.4 Å². The Labute approximate surface area is 167 Å². The van der Waals surface area contributed by atoms with Gasteiger partial charge in [-0.25, -0.2) is 4.39 Å². The maximum absolute atomic E-state index is 13.0. The van der Waals surface area contributed by atoms with Crippen molar-refractivity contribution in [3.63, 3.8) is 0 Å². The van der Waals surface area contributed by atoms with Gasteiger partial charge in [-0.1, -0.05) is 43.8 Å². The summed E-state index contributed by atoms with van der Waals surface area (Å²) in [5.74, 6) is 0.117. The van der Waals surface area contributed by atoms with Gasteiger partial charge in [0, 0.05) is 11.3 Å². The molecule has 1 heterocycles. The molecule has 1 N–H and O–H groups in total. The van der Waals surface area contributed by atoms with Crippen molar-refractivity contribution < 1.29 is 13.6 Å². The Bertz CT molecular complexity index is 970. The van der Waals surface area contributed by atoms with E-state index in [0.717, 1.165) is 16.8 Å². The minimum Gasteiger partial charge on any atom is -0.411 e. The van der Waals surface area contributed by atoms with E-state index >= 15 is 0 Å². The number of aryl methyl sites for hydroxylation is 1. The molecule has 1 amide bonds. The summed E-state index contributed by atoms with van der Waals surface area (Å²) in [5.41, 5.74) is 3.60. The molecule has 0 bridgehead atoms. The molecule has 0 saturated heterocycles. The normalized spacial score (nSPS) is 12.2. The molecule has 28 heavy (non-hydrogen) atoms. The molecule has 0 unspecified atom stereocenters. The van der Waals surface area contributed by atoms with Gasteiger partial charge >= 0.3 is 0 Å². The van der Waals surface area contributed by atoms with E-state index in [2.05, 4.69) is 29.4 Å². The van der Waals surface area contributed by atoms with Crippen LogP contribution in [0.4, 0.5) is 10.1 Å². The lowest BCUT2D eigenvalue weighted by atomic mass is 9.98. The molecule has 0 saturated carbocycles. The molecule has 0 aliphatic heterocycles. The lowest BCUT2D eigenvalue weighted by Gasteiger charge is -2.18. The average Bonchev–Trinajstić information content (AvgIpc) is 3.12. The third-order valence-electron chi connectivity index (χ3n) is 4.32. The largest absolute Gasteiger partial charge is 0.411 e. The lowest BCUT2D eigenvalue weighted by Crippen LogP contribution is -2.23. The van der Waals surface area contributed by atoms with E-state index in [-0.39, 0.29) is 22.8 Å². The molecule has 1 aromatic heterocycles. The molecule has 0 radical (unpaired) electrons. The second kappa shape index (κ2) is 8.56. The zero-order valence-corrected chi connectivity index (χ0v) is 17.0. The number of nitrogens with zero attached hydrogens (tertiary/aromatic N) is 2. The molecule has 146 valence electrons. The number of para-hydroxylation sites is 1. The molecule has 0 aliphatic rings. The Hall–Kier alpha value is -2.67. The molecule has 0 spiro atoms. The van der Waals surface area contributed by atoms with Gasteiger partial charge in [0.05, 0.1) is 5.25 Å². The molecule has 2 aromatic carbocycles. The second-order valence-electron chi connectivity index (χ2n) is 6.82. The van der Waals surface area contributed by atoms with Gasteiger partial charge in [-0.2, -0.15) is 0 Å². The minimum absolute atomic E-state index is 0.136. The fraction of sp³-hybridized carbons (Fsp3) is 0.286. The summed E-state index contributed by atoms with van der Waals surface area (Å²) < 4.78 is 18.6. The number of nitrogens with one attached hydrogen (secondary N) is 1. The van der Waals surface area contributed by atoms with E-state index in [9.17, 15) is 9.18 Å². The molecule has 3 aromatic rings. The molecule has 0 aliphatic carbocycles. The maximum Gasteiger partial charge on any atom is 0.277 e. The van der Waals surface area contributed by atoms with E-state index < -0.39 is 5.25 Å². The number of amides is 1. The smallest absolute Gasteiger partial charge is 0.277 e. The van der Waals surface area contributed by atoms with Gasteiger partial charge in [-0.3, -0.25) is 4.79 Å². The van der Waals surface area contributed by atoms with Crippen LogP contribution in [0, 0.1) is 12.7 Å². The summed E-state index contributed by atoms with van der Waals surface area (Å²) in [6.07, 6.45) is 0. The molecular weight excluding hydrogens is 377 g/mol. The zero-order valence-electron chi connectivity index (χ0n) is 16.2. The molecule has 5 nitrogen and oxygen atoms in total. The summed E-state index contributed by atoms with van der Waals surface area (Å²) in [4.78, 5) is 12.7. The van der Waals surface area contributed by atoms with Gasteiger partial charge in [0.2, 0.25) is 11.8 Å². The van der Waals surface area contributed by atoms with Crippen molar-refractivity contribution in [2.75, 3.05) is 5.32 Å². The Morgan fingerprint density at radius 1 is 1.11 bits per heavy atom. The highest BCUT2D eigenvalue weighted by Gasteiger charge is 2.21. The van der Waals surface area contributed by atoms with Crippen molar-refractivity contribution in [3.8, 4) is 11.5 Å². The van der Waals surface area contributed by atoms with E-state index in [1.807, 2.05) is 25.1 Å². The van der Waals surface area contributed by atoms with E-state index in [4.69, 9.17) is 4.42 Å². The summed E-state index contributed by atoms with van der Waals surface area (Å²) in [7, 11) is 0. The van der Waals surface area contributed by atoms with Crippen LogP contribution in [0.15, 0.2) is 52.1 Å². The SMILES string of the molecule is Cc1cccc(C(C)C)c1NC(=O)[C@@H](C)Sc1nnc(-c2ccc(F)cc2)o1. The Balaban J connectivity index is 1.69. The number of benzene rings is 2. The van der Waals surface area contributed by atoms with Crippen LogP contribution >= 0.6 is 11.8 Å². The van der Waals surface area contributed by atoms with Crippen LogP contribution in [0.25, 0.3) is 11.5 Å². The number of carbonyl (C=O) groups is 1. The fourth-order valence-electron chi connectivity index (χ4n) is 2.74. The van der Waals surface area contributed by atoms with Crippen molar-refractivity contribution in [2.45, 2.75) is 44.1 Å². The first-order valence-corrected chi connectivity index (χ1v) is 9.89. The summed E-state index contributed by atoms with van der Waals surface area (Å²) in [6, 6.07) is 11.8. The van der Waals surface area contributed by atoms with Crippen molar-refractivity contribution in [3.05, 3.63) is 59.4 Å². The molecule has 7 heteroatoms. The molecule has 0 fully saturated rings. The third kappa shape index (κ3) is 4.59. The first-order valence-electron chi connectivity index (χ1n) is 9.01. The second-order valence-corrected chi connectivity index (χ2v) is 8.12. The van der Waals surface area contributed by atoms with Crippen LogP contribution in [0.3, 0.4) is 0 Å². The highest BCUT2D eigenvalue weighted by molar-refractivity contribution is 8.00. The Morgan fingerprint density at radius 2 is 1.82 bits per heavy atom. The summed E-state index contributed by atoms with van der Waals surface area (Å²) >= 11 is 1.18. The minimum atomic E-state index is -0.430.